The van der Waals surface area contributed by atoms with Gasteiger partial charge in [-0.2, -0.15) is 0 Å². The number of urea groups is 1. The Balaban J connectivity index is 2.23. The van der Waals surface area contributed by atoms with Gasteiger partial charge in [0.25, 0.3) is 0 Å². The SMILES string of the molecule is Cc1ccccc1NC(=O)N(CC(=O)O)c1ccccc1. The molecule has 0 radical (unpaired) electrons. The molecule has 0 saturated heterocycles. The maximum absolute atomic E-state index is 12.4. The summed E-state index contributed by atoms with van der Waals surface area (Å²) in [6.45, 7) is 1.47. The molecule has 0 fully saturated rings. The third kappa shape index (κ3) is 3.82. The van der Waals surface area contributed by atoms with E-state index in [9.17, 15) is 9.59 Å². The number of amides is 2. The van der Waals surface area contributed by atoms with Crippen molar-refractivity contribution in [2.24, 2.45) is 0 Å². The topological polar surface area (TPSA) is 69.6 Å². The smallest absolute Gasteiger partial charge is 0.326 e. The molecule has 0 saturated carbocycles. The van der Waals surface area contributed by atoms with E-state index in [1.807, 2.05) is 31.2 Å². The fraction of sp³-hybridized carbons (Fsp3) is 0.125. The lowest BCUT2D eigenvalue weighted by Crippen LogP contribution is -2.39. The molecule has 0 atom stereocenters. The zero-order valence-electron chi connectivity index (χ0n) is 11.6. The summed E-state index contributed by atoms with van der Waals surface area (Å²) in [5, 5.41) is 11.7. The summed E-state index contributed by atoms with van der Waals surface area (Å²) in [7, 11) is 0. The highest BCUT2D eigenvalue weighted by atomic mass is 16.4. The fourth-order valence-electron chi connectivity index (χ4n) is 1.92. The average molecular weight is 284 g/mol. The second-order valence-electron chi connectivity index (χ2n) is 4.56. The molecule has 0 aliphatic rings. The molecule has 2 aromatic carbocycles. The van der Waals surface area contributed by atoms with Crippen LogP contribution in [-0.4, -0.2) is 23.7 Å². The molecule has 108 valence electrons. The van der Waals surface area contributed by atoms with Gasteiger partial charge in [0, 0.05) is 11.4 Å². The standard InChI is InChI=1S/C16H16N2O3/c1-12-7-5-6-10-14(12)17-16(21)18(11-15(19)20)13-8-3-2-4-9-13/h2-10H,11H2,1H3,(H,17,21)(H,19,20). The third-order valence-electron chi connectivity index (χ3n) is 2.99. The van der Waals surface area contributed by atoms with E-state index >= 15 is 0 Å². The van der Waals surface area contributed by atoms with Crippen molar-refractivity contribution in [1.82, 2.24) is 0 Å². The van der Waals surface area contributed by atoms with Crippen LogP contribution in [0.25, 0.3) is 0 Å². The van der Waals surface area contributed by atoms with Gasteiger partial charge >= 0.3 is 12.0 Å². The highest BCUT2D eigenvalue weighted by Crippen LogP contribution is 2.17. The molecule has 2 N–H and O–H groups in total. The number of nitrogens with one attached hydrogen (secondary N) is 1. The molecule has 0 aromatic heterocycles. The molecule has 0 heterocycles. The highest BCUT2D eigenvalue weighted by Gasteiger charge is 2.19. The average Bonchev–Trinajstić information content (AvgIpc) is 2.48. The predicted molar refractivity (Wildman–Crippen MR) is 81.6 cm³/mol. The third-order valence-corrected chi connectivity index (χ3v) is 2.99. The first kappa shape index (κ1) is 14.6. The fourth-order valence-corrected chi connectivity index (χ4v) is 1.92. The molecule has 0 spiro atoms. The lowest BCUT2D eigenvalue weighted by atomic mass is 10.2. The van der Waals surface area contributed by atoms with Crippen molar-refractivity contribution >= 4 is 23.4 Å². The summed E-state index contributed by atoms with van der Waals surface area (Å²) in [6, 6.07) is 15.6. The van der Waals surface area contributed by atoms with Crippen LogP contribution in [0.15, 0.2) is 54.6 Å². The molecule has 0 unspecified atom stereocenters. The lowest BCUT2D eigenvalue weighted by molar-refractivity contribution is -0.135. The van der Waals surface area contributed by atoms with Crippen LogP contribution in [0.5, 0.6) is 0 Å². The van der Waals surface area contributed by atoms with Gasteiger partial charge in [0.15, 0.2) is 0 Å². The number of carbonyl (C=O) groups is 2. The number of anilines is 2. The molecular formula is C16H16N2O3. The van der Waals surface area contributed by atoms with Gasteiger partial charge in [0.05, 0.1) is 0 Å². The number of carbonyl (C=O) groups excluding carboxylic acids is 1. The van der Waals surface area contributed by atoms with Crippen LogP contribution in [-0.2, 0) is 4.79 Å². The summed E-state index contributed by atoms with van der Waals surface area (Å²) in [4.78, 5) is 24.5. The number of carboxylic acid groups (broad SMARTS) is 1. The molecular weight excluding hydrogens is 268 g/mol. The molecule has 21 heavy (non-hydrogen) atoms. The Kier molecular flexibility index (Phi) is 4.56. The number of benzene rings is 2. The Morgan fingerprint density at radius 1 is 1.05 bits per heavy atom. The summed E-state index contributed by atoms with van der Waals surface area (Å²) in [6.07, 6.45) is 0. The first-order valence-electron chi connectivity index (χ1n) is 6.49. The van der Waals surface area contributed by atoms with E-state index in [-0.39, 0.29) is 0 Å². The van der Waals surface area contributed by atoms with E-state index in [4.69, 9.17) is 5.11 Å². The lowest BCUT2D eigenvalue weighted by Gasteiger charge is -2.21. The minimum absolute atomic E-state index is 0.401. The Labute approximate surface area is 122 Å². The van der Waals surface area contributed by atoms with E-state index in [0.29, 0.717) is 11.4 Å². The van der Waals surface area contributed by atoms with Crippen LogP contribution < -0.4 is 10.2 Å². The molecule has 0 bridgehead atoms. The zero-order valence-corrected chi connectivity index (χ0v) is 11.6. The van der Waals surface area contributed by atoms with Gasteiger partial charge < -0.3 is 10.4 Å². The first-order valence-corrected chi connectivity index (χ1v) is 6.49. The van der Waals surface area contributed by atoms with Crippen molar-refractivity contribution < 1.29 is 14.7 Å². The van der Waals surface area contributed by atoms with E-state index in [1.165, 1.54) is 4.90 Å². The van der Waals surface area contributed by atoms with Gasteiger partial charge in [-0.15, -0.1) is 0 Å². The highest BCUT2D eigenvalue weighted by molar-refractivity contribution is 6.04. The Morgan fingerprint density at radius 2 is 1.67 bits per heavy atom. The summed E-state index contributed by atoms with van der Waals surface area (Å²) in [5.41, 5.74) is 2.11. The second-order valence-corrected chi connectivity index (χ2v) is 4.56. The first-order chi connectivity index (χ1) is 10.1. The van der Waals surface area contributed by atoms with E-state index in [2.05, 4.69) is 5.32 Å². The summed E-state index contributed by atoms with van der Waals surface area (Å²) in [5.74, 6) is -1.07. The van der Waals surface area contributed by atoms with E-state index in [1.54, 1.807) is 30.3 Å². The number of hydrogen-bond donors (Lipinski definition) is 2. The van der Waals surface area contributed by atoms with Gasteiger partial charge in [0.1, 0.15) is 6.54 Å². The van der Waals surface area contributed by atoms with Gasteiger partial charge in [0.2, 0.25) is 0 Å². The molecule has 2 rings (SSSR count). The predicted octanol–water partition coefficient (Wildman–Crippen LogP) is 3.12. The van der Waals surface area contributed by atoms with Crippen LogP contribution in [0.4, 0.5) is 16.2 Å². The Morgan fingerprint density at radius 3 is 2.29 bits per heavy atom. The molecule has 5 heteroatoms. The minimum atomic E-state index is -1.07. The summed E-state index contributed by atoms with van der Waals surface area (Å²) < 4.78 is 0. The van der Waals surface area contributed by atoms with Crippen LogP contribution in [0.2, 0.25) is 0 Å². The number of aryl methyl sites for hydroxylation is 1. The molecule has 5 nitrogen and oxygen atoms in total. The van der Waals surface area contributed by atoms with Crippen molar-refractivity contribution in [1.29, 1.82) is 0 Å². The van der Waals surface area contributed by atoms with Gasteiger partial charge in [-0.1, -0.05) is 36.4 Å². The maximum Gasteiger partial charge on any atom is 0.326 e. The van der Waals surface area contributed by atoms with Gasteiger partial charge in [-0.05, 0) is 30.7 Å². The summed E-state index contributed by atoms with van der Waals surface area (Å²) >= 11 is 0. The number of aliphatic carboxylic acids is 1. The molecule has 2 amide bonds. The minimum Gasteiger partial charge on any atom is -0.480 e. The van der Waals surface area contributed by atoms with Crippen LogP contribution >= 0.6 is 0 Å². The van der Waals surface area contributed by atoms with Crippen molar-refractivity contribution in [3.05, 3.63) is 60.2 Å². The van der Waals surface area contributed by atoms with Crippen molar-refractivity contribution in [3.63, 3.8) is 0 Å². The van der Waals surface area contributed by atoms with E-state index < -0.39 is 18.5 Å². The quantitative estimate of drug-likeness (QED) is 0.906. The van der Waals surface area contributed by atoms with Crippen molar-refractivity contribution in [2.75, 3.05) is 16.8 Å². The van der Waals surface area contributed by atoms with Crippen LogP contribution in [0.1, 0.15) is 5.56 Å². The van der Waals surface area contributed by atoms with E-state index in [0.717, 1.165) is 5.56 Å². The van der Waals surface area contributed by atoms with Gasteiger partial charge in [-0.3, -0.25) is 9.69 Å². The number of hydrogen-bond acceptors (Lipinski definition) is 2. The molecule has 2 aromatic rings. The van der Waals surface area contributed by atoms with Crippen LogP contribution in [0, 0.1) is 6.92 Å². The maximum atomic E-state index is 12.4. The number of carboxylic acids is 1. The Hall–Kier alpha value is -2.82. The van der Waals surface area contributed by atoms with Gasteiger partial charge in [-0.25, -0.2) is 4.79 Å². The normalized spacial score (nSPS) is 9.95. The molecule has 0 aliphatic heterocycles. The largest absolute Gasteiger partial charge is 0.480 e. The van der Waals surface area contributed by atoms with Crippen LogP contribution in [0.3, 0.4) is 0 Å². The van der Waals surface area contributed by atoms with Crippen molar-refractivity contribution in [3.8, 4) is 0 Å². The van der Waals surface area contributed by atoms with Crippen molar-refractivity contribution in [2.45, 2.75) is 6.92 Å². The number of nitrogens with zero attached hydrogens (tertiary/aromatic N) is 1. The monoisotopic (exact) mass is 284 g/mol. The Bertz CT molecular complexity index is 641. The number of rotatable bonds is 4. The second kappa shape index (κ2) is 6.56. The zero-order chi connectivity index (χ0) is 15.2. The number of para-hydroxylation sites is 2. The molecule has 0 aliphatic carbocycles.